The Morgan fingerprint density at radius 2 is 2.13 bits per heavy atom. The van der Waals surface area contributed by atoms with Crippen LogP contribution in [0, 0.1) is 0 Å². The standard InChI is InChI=1S/C16H22N4O.2ClH/c1-17-8-4-15(21)20-9-5-12(6-10-20)14-11-19-16-13(14)3-2-7-18-16;;/h2-3,7,11-12,17H,4-6,8-10H2,1H3,(H,18,19);2*1H. The van der Waals surface area contributed by atoms with Crippen molar-refractivity contribution in [2.24, 2.45) is 0 Å². The number of nitrogens with one attached hydrogen (secondary N) is 2. The molecule has 0 saturated carbocycles. The molecule has 3 rings (SSSR count). The van der Waals surface area contributed by atoms with Gasteiger partial charge in [0.1, 0.15) is 5.65 Å². The van der Waals surface area contributed by atoms with Gasteiger partial charge in [0.25, 0.3) is 0 Å². The predicted molar refractivity (Wildman–Crippen MR) is 97.7 cm³/mol. The van der Waals surface area contributed by atoms with E-state index < -0.39 is 0 Å². The molecule has 7 heteroatoms. The summed E-state index contributed by atoms with van der Waals surface area (Å²) < 4.78 is 0. The number of hydrogen-bond donors (Lipinski definition) is 2. The van der Waals surface area contributed by atoms with Gasteiger partial charge in [0.2, 0.25) is 5.91 Å². The molecular weight excluding hydrogens is 335 g/mol. The lowest BCUT2D eigenvalue weighted by molar-refractivity contribution is -0.132. The number of aromatic amines is 1. The van der Waals surface area contributed by atoms with Crippen molar-refractivity contribution in [1.82, 2.24) is 20.2 Å². The van der Waals surface area contributed by atoms with Gasteiger partial charge in [0.05, 0.1) is 0 Å². The Hall–Kier alpha value is -1.30. The number of carbonyl (C=O) groups is 1. The van der Waals surface area contributed by atoms with Crippen LogP contribution in [0.2, 0.25) is 0 Å². The predicted octanol–water partition coefficient (Wildman–Crippen LogP) is 2.72. The molecule has 0 bridgehead atoms. The highest BCUT2D eigenvalue weighted by Crippen LogP contribution is 2.32. The van der Waals surface area contributed by atoms with Crippen molar-refractivity contribution in [3.63, 3.8) is 0 Å². The third kappa shape index (κ3) is 4.37. The number of nitrogens with zero attached hydrogens (tertiary/aromatic N) is 2. The van der Waals surface area contributed by atoms with E-state index in [0.29, 0.717) is 12.3 Å². The fourth-order valence-corrected chi connectivity index (χ4v) is 3.14. The van der Waals surface area contributed by atoms with Crippen LogP contribution in [-0.4, -0.2) is 47.5 Å². The van der Waals surface area contributed by atoms with Crippen molar-refractivity contribution in [2.75, 3.05) is 26.7 Å². The van der Waals surface area contributed by atoms with Gasteiger partial charge in [-0.2, -0.15) is 0 Å². The van der Waals surface area contributed by atoms with Gasteiger partial charge in [0, 0.05) is 43.8 Å². The number of rotatable bonds is 4. The molecule has 1 fully saturated rings. The minimum Gasteiger partial charge on any atom is -0.346 e. The molecule has 0 aromatic carbocycles. The SMILES string of the molecule is CNCCC(=O)N1CCC(c2c[nH]c3ncccc23)CC1.Cl.Cl. The van der Waals surface area contributed by atoms with Gasteiger partial charge in [-0.05, 0) is 43.5 Å². The van der Waals surface area contributed by atoms with Crippen molar-refractivity contribution in [3.8, 4) is 0 Å². The van der Waals surface area contributed by atoms with E-state index in [1.807, 2.05) is 24.2 Å². The maximum Gasteiger partial charge on any atom is 0.223 e. The summed E-state index contributed by atoms with van der Waals surface area (Å²) in [6, 6.07) is 4.11. The lowest BCUT2D eigenvalue weighted by atomic mass is 9.89. The number of piperidine rings is 1. The average molecular weight is 359 g/mol. The van der Waals surface area contributed by atoms with Crippen molar-refractivity contribution in [2.45, 2.75) is 25.2 Å². The Labute approximate surface area is 149 Å². The Morgan fingerprint density at radius 1 is 1.39 bits per heavy atom. The topological polar surface area (TPSA) is 61.0 Å². The first-order chi connectivity index (χ1) is 10.3. The number of likely N-dealkylation sites (tertiary alicyclic amines) is 1. The van der Waals surface area contributed by atoms with Gasteiger partial charge in [-0.1, -0.05) is 0 Å². The highest BCUT2D eigenvalue weighted by molar-refractivity contribution is 5.85. The van der Waals surface area contributed by atoms with E-state index in [-0.39, 0.29) is 30.7 Å². The first-order valence-corrected chi connectivity index (χ1v) is 7.64. The Balaban J connectivity index is 0.00000132. The molecule has 0 spiro atoms. The van der Waals surface area contributed by atoms with E-state index in [2.05, 4.69) is 27.5 Å². The molecule has 1 amide bonds. The van der Waals surface area contributed by atoms with Gasteiger partial charge >= 0.3 is 0 Å². The molecule has 2 aromatic heterocycles. The fraction of sp³-hybridized carbons (Fsp3) is 0.500. The van der Waals surface area contributed by atoms with E-state index in [1.165, 1.54) is 10.9 Å². The highest BCUT2D eigenvalue weighted by Gasteiger charge is 2.25. The second-order valence-corrected chi connectivity index (χ2v) is 5.65. The zero-order chi connectivity index (χ0) is 14.7. The van der Waals surface area contributed by atoms with Crippen LogP contribution >= 0.6 is 24.8 Å². The Bertz CT molecular complexity index is 623. The van der Waals surface area contributed by atoms with Crippen LogP contribution in [0.1, 0.15) is 30.7 Å². The maximum absolute atomic E-state index is 12.0. The third-order valence-electron chi connectivity index (χ3n) is 4.36. The van der Waals surface area contributed by atoms with Crippen LogP contribution in [0.5, 0.6) is 0 Å². The molecule has 0 aliphatic carbocycles. The molecule has 2 N–H and O–H groups in total. The molecule has 0 unspecified atom stereocenters. The summed E-state index contributed by atoms with van der Waals surface area (Å²) in [6.45, 7) is 2.48. The quantitative estimate of drug-likeness (QED) is 0.883. The summed E-state index contributed by atoms with van der Waals surface area (Å²) in [4.78, 5) is 21.6. The van der Waals surface area contributed by atoms with Gasteiger partial charge in [-0.3, -0.25) is 4.79 Å². The number of hydrogen-bond acceptors (Lipinski definition) is 3. The van der Waals surface area contributed by atoms with Crippen molar-refractivity contribution >= 4 is 41.8 Å². The number of halogens is 2. The van der Waals surface area contributed by atoms with Crippen LogP contribution in [0.15, 0.2) is 24.5 Å². The van der Waals surface area contributed by atoms with Crippen molar-refractivity contribution in [1.29, 1.82) is 0 Å². The number of H-pyrrole nitrogens is 1. The number of amides is 1. The Kier molecular flexibility index (Phi) is 7.82. The summed E-state index contributed by atoms with van der Waals surface area (Å²) in [6.07, 6.45) is 6.56. The number of pyridine rings is 1. The van der Waals surface area contributed by atoms with Crippen molar-refractivity contribution in [3.05, 3.63) is 30.1 Å². The first-order valence-electron chi connectivity index (χ1n) is 7.64. The normalized spacial score (nSPS) is 15.1. The Morgan fingerprint density at radius 3 is 2.83 bits per heavy atom. The average Bonchev–Trinajstić information content (AvgIpc) is 2.97. The zero-order valence-electron chi connectivity index (χ0n) is 13.2. The smallest absolute Gasteiger partial charge is 0.223 e. The van der Waals surface area contributed by atoms with E-state index in [1.54, 1.807) is 0 Å². The summed E-state index contributed by atoms with van der Waals surface area (Å²) in [5, 5.41) is 4.25. The van der Waals surface area contributed by atoms with E-state index in [4.69, 9.17) is 0 Å². The number of carbonyl (C=O) groups excluding carboxylic acids is 1. The monoisotopic (exact) mass is 358 g/mol. The minimum absolute atomic E-state index is 0. The van der Waals surface area contributed by atoms with Crippen LogP contribution in [0.3, 0.4) is 0 Å². The van der Waals surface area contributed by atoms with E-state index in [9.17, 15) is 4.79 Å². The molecule has 1 saturated heterocycles. The van der Waals surface area contributed by atoms with Crippen LogP contribution < -0.4 is 5.32 Å². The summed E-state index contributed by atoms with van der Waals surface area (Å²) in [5.74, 6) is 0.791. The van der Waals surface area contributed by atoms with Crippen LogP contribution in [-0.2, 0) is 4.79 Å². The van der Waals surface area contributed by atoms with Crippen LogP contribution in [0.4, 0.5) is 0 Å². The zero-order valence-corrected chi connectivity index (χ0v) is 14.9. The lowest BCUT2D eigenvalue weighted by Gasteiger charge is -2.32. The number of aromatic nitrogens is 2. The first kappa shape index (κ1) is 19.7. The van der Waals surface area contributed by atoms with E-state index >= 15 is 0 Å². The van der Waals surface area contributed by atoms with Gasteiger partial charge in [0.15, 0.2) is 0 Å². The second kappa shape index (κ2) is 9.11. The van der Waals surface area contributed by atoms with E-state index in [0.717, 1.165) is 38.1 Å². The molecule has 5 nitrogen and oxygen atoms in total. The molecule has 2 aromatic rings. The molecule has 1 aliphatic rings. The largest absolute Gasteiger partial charge is 0.346 e. The third-order valence-corrected chi connectivity index (χ3v) is 4.36. The maximum atomic E-state index is 12.0. The highest BCUT2D eigenvalue weighted by atomic mass is 35.5. The van der Waals surface area contributed by atoms with Gasteiger partial charge in [-0.25, -0.2) is 4.98 Å². The van der Waals surface area contributed by atoms with Crippen molar-refractivity contribution < 1.29 is 4.79 Å². The molecule has 0 atom stereocenters. The second-order valence-electron chi connectivity index (χ2n) is 5.65. The minimum atomic E-state index is 0. The molecule has 0 radical (unpaired) electrons. The molecule has 3 heterocycles. The fourth-order valence-electron chi connectivity index (χ4n) is 3.14. The molecular formula is C16H24Cl2N4O. The summed E-state index contributed by atoms with van der Waals surface area (Å²) in [5.41, 5.74) is 2.31. The van der Waals surface area contributed by atoms with Crippen LogP contribution in [0.25, 0.3) is 11.0 Å². The molecule has 23 heavy (non-hydrogen) atoms. The van der Waals surface area contributed by atoms with Gasteiger partial charge < -0.3 is 15.2 Å². The lowest BCUT2D eigenvalue weighted by Crippen LogP contribution is -2.38. The number of fused-ring (bicyclic) bond motifs is 1. The van der Waals surface area contributed by atoms with Gasteiger partial charge in [-0.15, -0.1) is 24.8 Å². The summed E-state index contributed by atoms with van der Waals surface area (Å²) in [7, 11) is 1.88. The molecule has 128 valence electrons. The summed E-state index contributed by atoms with van der Waals surface area (Å²) >= 11 is 0. The molecule has 1 aliphatic heterocycles.